The Morgan fingerprint density at radius 3 is 2.77 bits per heavy atom. The van der Waals surface area contributed by atoms with Gasteiger partial charge in [0.15, 0.2) is 0 Å². The maximum Gasteiger partial charge on any atom is 0.134 e. The number of halogens is 2. The summed E-state index contributed by atoms with van der Waals surface area (Å²) in [5, 5.41) is 3.86. The fraction of sp³-hybridized carbons (Fsp3) is 0.333. The highest BCUT2D eigenvalue weighted by molar-refractivity contribution is 9.10. The highest BCUT2D eigenvalue weighted by Crippen LogP contribution is 2.29. The lowest BCUT2D eigenvalue weighted by Gasteiger charge is -2.28. The van der Waals surface area contributed by atoms with Gasteiger partial charge in [-0.1, -0.05) is 11.6 Å². The van der Waals surface area contributed by atoms with Gasteiger partial charge in [0.05, 0.1) is 4.47 Å². The topological polar surface area (TPSA) is 21.3 Å². The smallest absolute Gasteiger partial charge is 0.134 e. The van der Waals surface area contributed by atoms with Crippen LogP contribution in [0.5, 0.6) is 5.75 Å². The molecule has 0 unspecified atom stereocenters. The number of hydrogen-bond acceptors (Lipinski definition) is 2. The van der Waals surface area contributed by atoms with E-state index in [2.05, 4.69) is 21.2 Å². The normalized spacial score (nSPS) is 16.8. The molecule has 0 spiro atoms. The van der Waals surface area contributed by atoms with Crippen molar-refractivity contribution in [3.8, 4) is 5.75 Å². The van der Waals surface area contributed by atoms with E-state index in [1.54, 1.807) is 0 Å². The van der Waals surface area contributed by atoms with Crippen molar-refractivity contribution in [1.29, 1.82) is 0 Å². The first kappa shape index (κ1) is 9.31. The average Bonchev–Trinajstić information content (AvgIpc) is 1.99. The fourth-order valence-corrected chi connectivity index (χ4v) is 1.87. The van der Waals surface area contributed by atoms with Gasteiger partial charge in [0.25, 0.3) is 0 Å². The second kappa shape index (κ2) is 3.86. The lowest BCUT2D eigenvalue weighted by atomic mass is 10.2. The quantitative estimate of drug-likeness (QED) is 0.884. The van der Waals surface area contributed by atoms with E-state index in [0.29, 0.717) is 11.1 Å². The molecular formula is C9H9BrClNO. The summed E-state index contributed by atoms with van der Waals surface area (Å²) < 4.78 is 6.58. The SMILES string of the molecule is Clc1ccc(OC2CNC2)c(Br)c1. The monoisotopic (exact) mass is 261 g/mol. The van der Waals surface area contributed by atoms with Crippen molar-refractivity contribution in [2.45, 2.75) is 6.10 Å². The molecule has 1 N–H and O–H groups in total. The molecule has 70 valence electrons. The number of nitrogens with one attached hydrogen (secondary N) is 1. The largest absolute Gasteiger partial charge is 0.487 e. The molecule has 0 amide bonds. The summed E-state index contributed by atoms with van der Waals surface area (Å²) in [7, 11) is 0. The van der Waals surface area contributed by atoms with Crippen LogP contribution in [0, 0.1) is 0 Å². The summed E-state index contributed by atoms with van der Waals surface area (Å²) in [6.45, 7) is 1.85. The Morgan fingerprint density at radius 1 is 1.46 bits per heavy atom. The minimum atomic E-state index is 0.303. The number of ether oxygens (including phenoxy) is 1. The molecule has 1 heterocycles. The zero-order valence-electron chi connectivity index (χ0n) is 6.89. The van der Waals surface area contributed by atoms with Crippen LogP contribution in [0.2, 0.25) is 5.02 Å². The summed E-state index contributed by atoms with van der Waals surface area (Å²) in [4.78, 5) is 0. The molecule has 1 aliphatic heterocycles. The van der Waals surface area contributed by atoms with E-state index in [1.165, 1.54) is 0 Å². The minimum absolute atomic E-state index is 0.303. The highest BCUT2D eigenvalue weighted by atomic mass is 79.9. The van der Waals surface area contributed by atoms with Gasteiger partial charge in [0.2, 0.25) is 0 Å². The zero-order chi connectivity index (χ0) is 9.26. The van der Waals surface area contributed by atoms with Gasteiger partial charge < -0.3 is 10.1 Å². The first-order valence-electron chi connectivity index (χ1n) is 4.08. The van der Waals surface area contributed by atoms with Crippen molar-refractivity contribution >= 4 is 27.5 Å². The summed E-state index contributed by atoms with van der Waals surface area (Å²) >= 11 is 9.20. The van der Waals surface area contributed by atoms with Gasteiger partial charge in [-0.2, -0.15) is 0 Å². The van der Waals surface area contributed by atoms with Crippen LogP contribution in [0.25, 0.3) is 0 Å². The van der Waals surface area contributed by atoms with E-state index in [-0.39, 0.29) is 0 Å². The average molecular weight is 263 g/mol. The third-order valence-electron chi connectivity index (χ3n) is 1.93. The van der Waals surface area contributed by atoms with E-state index >= 15 is 0 Å². The molecule has 0 bridgehead atoms. The van der Waals surface area contributed by atoms with Crippen LogP contribution in [0.4, 0.5) is 0 Å². The van der Waals surface area contributed by atoms with Crippen molar-refractivity contribution in [1.82, 2.24) is 5.32 Å². The number of benzene rings is 1. The molecule has 1 saturated heterocycles. The number of hydrogen-bond donors (Lipinski definition) is 1. The second-order valence-electron chi connectivity index (χ2n) is 2.97. The number of rotatable bonds is 2. The maximum absolute atomic E-state index is 5.80. The van der Waals surface area contributed by atoms with Crippen molar-refractivity contribution < 1.29 is 4.74 Å². The van der Waals surface area contributed by atoms with Gasteiger partial charge in [0.1, 0.15) is 11.9 Å². The summed E-state index contributed by atoms with van der Waals surface area (Å²) in [5.74, 6) is 0.857. The lowest BCUT2D eigenvalue weighted by Crippen LogP contribution is -2.50. The summed E-state index contributed by atoms with van der Waals surface area (Å²) in [6.07, 6.45) is 0.303. The van der Waals surface area contributed by atoms with Crippen LogP contribution in [0.3, 0.4) is 0 Å². The third-order valence-corrected chi connectivity index (χ3v) is 2.79. The Balaban J connectivity index is 2.10. The van der Waals surface area contributed by atoms with Crippen molar-refractivity contribution in [2.75, 3.05) is 13.1 Å². The molecule has 2 rings (SSSR count). The second-order valence-corrected chi connectivity index (χ2v) is 4.26. The van der Waals surface area contributed by atoms with E-state index in [1.807, 2.05) is 18.2 Å². The van der Waals surface area contributed by atoms with E-state index in [4.69, 9.17) is 16.3 Å². The Hall–Kier alpha value is -0.250. The Morgan fingerprint density at radius 2 is 2.23 bits per heavy atom. The van der Waals surface area contributed by atoms with E-state index in [0.717, 1.165) is 23.3 Å². The Bertz CT molecular complexity index is 314. The van der Waals surface area contributed by atoms with Gasteiger partial charge in [-0.25, -0.2) is 0 Å². The molecule has 1 aromatic rings. The van der Waals surface area contributed by atoms with Crippen LogP contribution in [0.15, 0.2) is 22.7 Å². The molecule has 1 fully saturated rings. The standard InChI is InChI=1S/C9H9BrClNO/c10-8-3-6(11)1-2-9(8)13-7-4-12-5-7/h1-3,7,12H,4-5H2. The molecule has 1 aliphatic rings. The Kier molecular flexibility index (Phi) is 2.77. The van der Waals surface area contributed by atoms with Gasteiger partial charge in [-0.15, -0.1) is 0 Å². The molecule has 0 aromatic heterocycles. The predicted molar refractivity (Wildman–Crippen MR) is 56.4 cm³/mol. The van der Waals surface area contributed by atoms with Crippen LogP contribution in [-0.4, -0.2) is 19.2 Å². The minimum Gasteiger partial charge on any atom is -0.487 e. The van der Waals surface area contributed by atoms with E-state index in [9.17, 15) is 0 Å². The van der Waals surface area contributed by atoms with Crippen LogP contribution in [-0.2, 0) is 0 Å². The molecule has 13 heavy (non-hydrogen) atoms. The van der Waals surface area contributed by atoms with Gasteiger partial charge in [-0.05, 0) is 34.1 Å². The molecule has 1 aromatic carbocycles. The highest BCUT2D eigenvalue weighted by Gasteiger charge is 2.19. The first-order valence-corrected chi connectivity index (χ1v) is 5.25. The zero-order valence-corrected chi connectivity index (χ0v) is 9.23. The maximum atomic E-state index is 5.80. The van der Waals surface area contributed by atoms with Gasteiger partial charge in [-0.3, -0.25) is 0 Å². The fourth-order valence-electron chi connectivity index (χ4n) is 1.10. The molecule has 0 atom stereocenters. The molecular weight excluding hydrogens is 253 g/mol. The predicted octanol–water partition coefficient (Wildman–Crippen LogP) is 2.45. The van der Waals surface area contributed by atoms with Crippen LogP contribution < -0.4 is 10.1 Å². The lowest BCUT2D eigenvalue weighted by molar-refractivity contribution is 0.141. The van der Waals surface area contributed by atoms with Crippen LogP contribution in [0.1, 0.15) is 0 Å². The van der Waals surface area contributed by atoms with Crippen LogP contribution >= 0.6 is 27.5 Å². The van der Waals surface area contributed by atoms with Crippen molar-refractivity contribution in [3.05, 3.63) is 27.7 Å². The van der Waals surface area contributed by atoms with Crippen molar-refractivity contribution in [3.63, 3.8) is 0 Å². The molecule has 0 saturated carbocycles. The summed E-state index contributed by atoms with van der Waals surface area (Å²) in [6, 6.07) is 5.54. The van der Waals surface area contributed by atoms with Gasteiger partial charge in [0, 0.05) is 18.1 Å². The molecule has 4 heteroatoms. The Labute approximate surface area is 90.4 Å². The summed E-state index contributed by atoms with van der Waals surface area (Å²) in [5.41, 5.74) is 0. The molecule has 0 aliphatic carbocycles. The first-order chi connectivity index (χ1) is 6.25. The molecule has 2 nitrogen and oxygen atoms in total. The van der Waals surface area contributed by atoms with E-state index < -0.39 is 0 Å². The van der Waals surface area contributed by atoms with Crippen molar-refractivity contribution in [2.24, 2.45) is 0 Å². The third kappa shape index (κ3) is 2.16. The molecule has 0 radical (unpaired) electrons. The van der Waals surface area contributed by atoms with Gasteiger partial charge >= 0.3 is 0 Å².